The molecule has 5 nitrogen and oxygen atoms in total. The van der Waals surface area contributed by atoms with Crippen LogP contribution < -0.4 is 4.74 Å². The molecule has 0 spiro atoms. The Morgan fingerprint density at radius 3 is 2.65 bits per heavy atom. The van der Waals surface area contributed by atoms with Crippen LogP contribution in [0.2, 0.25) is 5.02 Å². The summed E-state index contributed by atoms with van der Waals surface area (Å²) in [4.78, 5) is 14.3. The van der Waals surface area contributed by atoms with Gasteiger partial charge in [-0.3, -0.25) is 4.79 Å². The van der Waals surface area contributed by atoms with Crippen LogP contribution in [0, 0.1) is 13.8 Å². The number of carbonyl (C=O) groups excluding carboxylic acids is 1. The van der Waals surface area contributed by atoms with E-state index >= 15 is 0 Å². The number of ether oxygens (including phenoxy) is 1. The van der Waals surface area contributed by atoms with Crippen molar-refractivity contribution in [2.75, 3.05) is 7.05 Å². The first-order valence-corrected chi connectivity index (χ1v) is 7.70. The third kappa shape index (κ3) is 4.05. The molecule has 0 atom stereocenters. The Bertz CT molecular complexity index is 690. The van der Waals surface area contributed by atoms with Crippen molar-refractivity contribution in [1.82, 2.24) is 10.1 Å². The summed E-state index contributed by atoms with van der Waals surface area (Å²) in [6.07, 6.45) is 0. The Morgan fingerprint density at radius 1 is 1.39 bits per heavy atom. The van der Waals surface area contributed by atoms with Crippen molar-refractivity contribution in [2.24, 2.45) is 0 Å². The van der Waals surface area contributed by atoms with Crippen molar-refractivity contribution in [3.63, 3.8) is 0 Å². The van der Waals surface area contributed by atoms with Crippen LogP contribution in [0.15, 0.2) is 28.8 Å². The largest absolute Gasteiger partial charge is 0.478 e. The minimum absolute atomic E-state index is 0.141. The third-order valence-electron chi connectivity index (χ3n) is 3.61. The molecule has 0 bridgehead atoms. The highest BCUT2D eigenvalue weighted by molar-refractivity contribution is 6.30. The minimum atomic E-state index is -1.02. The highest BCUT2D eigenvalue weighted by atomic mass is 35.5. The van der Waals surface area contributed by atoms with Crippen LogP contribution in [0.25, 0.3) is 0 Å². The van der Waals surface area contributed by atoms with Crippen molar-refractivity contribution in [3.05, 3.63) is 46.3 Å². The van der Waals surface area contributed by atoms with Gasteiger partial charge >= 0.3 is 0 Å². The van der Waals surface area contributed by atoms with Crippen molar-refractivity contribution < 1.29 is 14.1 Å². The van der Waals surface area contributed by atoms with Crippen LogP contribution in [0.4, 0.5) is 0 Å². The number of halogens is 1. The smallest absolute Gasteiger partial charge is 0.266 e. The zero-order valence-corrected chi connectivity index (χ0v) is 14.8. The molecular formula is C17H21ClN2O3. The molecule has 1 amide bonds. The molecule has 1 aromatic carbocycles. The molecule has 0 fully saturated rings. The van der Waals surface area contributed by atoms with Gasteiger partial charge in [-0.25, -0.2) is 0 Å². The maximum atomic E-state index is 12.7. The highest BCUT2D eigenvalue weighted by Gasteiger charge is 2.33. The van der Waals surface area contributed by atoms with Gasteiger partial charge in [0.15, 0.2) is 5.60 Å². The summed E-state index contributed by atoms with van der Waals surface area (Å²) in [6, 6.07) is 7.00. The molecule has 0 aliphatic rings. The van der Waals surface area contributed by atoms with Crippen molar-refractivity contribution in [3.8, 4) is 5.75 Å². The fraction of sp³-hybridized carbons (Fsp3) is 0.412. The van der Waals surface area contributed by atoms with Gasteiger partial charge in [0.2, 0.25) is 0 Å². The molecule has 0 radical (unpaired) electrons. The fourth-order valence-corrected chi connectivity index (χ4v) is 2.55. The summed E-state index contributed by atoms with van der Waals surface area (Å²) >= 11 is 5.95. The van der Waals surface area contributed by atoms with E-state index in [1.165, 1.54) is 0 Å². The van der Waals surface area contributed by atoms with Gasteiger partial charge in [-0.2, -0.15) is 0 Å². The van der Waals surface area contributed by atoms with E-state index in [1.807, 2.05) is 13.8 Å². The van der Waals surface area contributed by atoms with E-state index < -0.39 is 5.60 Å². The second kappa shape index (κ2) is 6.62. The van der Waals surface area contributed by atoms with E-state index in [1.54, 1.807) is 50.1 Å². The Hall–Kier alpha value is -2.01. The van der Waals surface area contributed by atoms with Gasteiger partial charge in [-0.1, -0.05) is 22.8 Å². The summed E-state index contributed by atoms with van der Waals surface area (Å²) < 4.78 is 11.0. The summed E-state index contributed by atoms with van der Waals surface area (Å²) in [5.74, 6) is 1.13. The van der Waals surface area contributed by atoms with Gasteiger partial charge in [0.25, 0.3) is 5.91 Å². The van der Waals surface area contributed by atoms with Crippen LogP contribution in [-0.2, 0) is 11.3 Å². The monoisotopic (exact) mass is 336 g/mol. The molecule has 124 valence electrons. The quantitative estimate of drug-likeness (QED) is 0.834. The Kier molecular flexibility index (Phi) is 5.00. The topological polar surface area (TPSA) is 55.6 Å². The fourth-order valence-electron chi connectivity index (χ4n) is 2.37. The Balaban J connectivity index is 2.11. The number of carbonyl (C=O) groups is 1. The molecule has 0 saturated carbocycles. The number of rotatable bonds is 5. The molecular weight excluding hydrogens is 316 g/mol. The molecule has 2 rings (SSSR count). The number of hydrogen-bond donors (Lipinski definition) is 0. The maximum Gasteiger partial charge on any atom is 0.266 e. The molecule has 1 aromatic heterocycles. The molecule has 23 heavy (non-hydrogen) atoms. The standard InChI is InChI=1S/C17H21ClN2O3/c1-11-15(12(2)23-19-11)10-20(5)16(21)17(3,4)22-14-8-6-7-13(18)9-14/h6-9H,10H2,1-5H3. The number of benzene rings is 1. The maximum absolute atomic E-state index is 12.7. The summed E-state index contributed by atoms with van der Waals surface area (Å²) in [7, 11) is 1.73. The van der Waals surface area contributed by atoms with Gasteiger partial charge in [0, 0.05) is 17.6 Å². The van der Waals surface area contributed by atoms with Crippen LogP contribution in [-0.4, -0.2) is 28.6 Å². The second-order valence-electron chi connectivity index (χ2n) is 6.03. The summed E-state index contributed by atoms with van der Waals surface area (Å²) in [5, 5.41) is 4.47. The number of hydrogen-bond acceptors (Lipinski definition) is 4. The van der Waals surface area contributed by atoms with Crippen molar-refractivity contribution in [1.29, 1.82) is 0 Å². The van der Waals surface area contributed by atoms with Crippen LogP contribution >= 0.6 is 11.6 Å². The van der Waals surface area contributed by atoms with Crippen LogP contribution in [0.3, 0.4) is 0 Å². The van der Waals surface area contributed by atoms with Crippen LogP contribution in [0.5, 0.6) is 5.75 Å². The van der Waals surface area contributed by atoms with E-state index in [0.29, 0.717) is 17.3 Å². The number of likely N-dealkylation sites (N-methyl/N-ethyl adjacent to an activating group) is 1. The molecule has 0 aliphatic heterocycles. The summed E-state index contributed by atoms with van der Waals surface area (Å²) in [6.45, 7) is 7.58. The second-order valence-corrected chi connectivity index (χ2v) is 6.47. The van der Waals surface area contributed by atoms with E-state index in [-0.39, 0.29) is 5.91 Å². The number of amides is 1. The SMILES string of the molecule is Cc1noc(C)c1CN(C)C(=O)C(C)(C)Oc1cccc(Cl)c1. The first-order valence-electron chi connectivity index (χ1n) is 7.32. The molecule has 1 heterocycles. The van der Waals surface area contributed by atoms with Gasteiger partial charge in [-0.15, -0.1) is 0 Å². The zero-order valence-electron chi connectivity index (χ0n) is 14.0. The lowest BCUT2D eigenvalue weighted by Crippen LogP contribution is -2.47. The van der Waals surface area contributed by atoms with Gasteiger partial charge < -0.3 is 14.2 Å². The average molecular weight is 337 g/mol. The van der Waals surface area contributed by atoms with Crippen LogP contribution in [0.1, 0.15) is 30.9 Å². The van der Waals surface area contributed by atoms with Crippen molar-refractivity contribution in [2.45, 2.75) is 39.8 Å². The number of nitrogens with zero attached hydrogens (tertiary/aromatic N) is 2. The lowest BCUT2D eigenvalue weighted by molar-refractivity contribution is -0.144. The molecule has 0 N–H and O–H groups in total. The zero-order chi connectivity index (χ0) is 17.2. The molecule has 2 aromatic rings. The van der Waals surface area contributed by atoms with E-state index in [9.17, 15) is 4.79 Å². The molecule has 0 aliphatic carbocycles. The first-order chi connectivity index (χ1) is 10.7. The predicted molar refractivity (Wildman–Crippen MR) is 88.6 cm³/mol. The average Bonchev–Trinajstić information content (AvgIpc) is 2.77. The lowest BCUT2D eigenvalue weighted by atomic mass is 10.1. The Morgan fingerprint density at radius 2 is 2.09 bits per heavy atom. The minimum Gasteiger partial charge on any atom is -0.478 e. The van der Waals surface area contributed by atoms with E-state index in [2.05, 4.69) is 5.16 Å². The molecule has 0 saturated heterocycles. The van der Waals surface area contributed by atoms with Gasteiger partial charge in [0.05, 0.1) is 12.2 Å². The lowest BCUT2D eigenvalue weighted by Gasteiger charge is -2.30. The molecule has 0 unspecified atom stereocenters. The highest BCUT2D eigenvalue weighted by Crippen LogP contribution is 2.24. The van der Waals surface area contributed by atoms with E-state index in [0.717, 1.165) is 17.0 Å². The number of aryl methyl sites for hydroxylation is 2. The van der Waals surface area contributed by atoms with Gasteiger partial charge in [0.1, 0.15) is 11.5 Å². The predicted octanol–water partition coefficient (Wildman–Crippen LogP) is 3.76. The van der Waals surface area contributed by atoms with E-state index in [4.69, 9.17) is 20.9 Å². The Labute approximate surface area is 141 Å². The van der Waals surface area contributed by atoms with Crippen molar-refractivity contribution >= 4 is 17.5 Å². The third-order valence-corrected chi connectivity index (χ3v) is 3.84. The summed E-state index contributed by atoms with van der Waals surface area (Å²) in [5.41, 5.74) is 0.688. The normalized spacial score (nSPS) is 11.4. The number of aromatic nitrogens is 1. The first kappa shape index (κ1) is 17.3. The van der Waals surface area contributed by atoms with Gasteiger partial charge in [-0.05, 0) is 45.9 Å². The molecule has 6 heteroatoms.